The van der Waals surface area contributed by atoms with Crippen LogP contribution in [0.1, 0.15) is 34.1 Å². The van der Waals surface area contributed by atoms with E-state index in [1.165, 1.54) is 5.56 Å². The van der Waals surface area contributed by atoms with Gasteiger partial charge in [0.15, 0.2) is 0 Å². The largest absolute Gasteiger partial charge is 0.417 e. The summed E-state index contributed by atoms with van der Waals surface area (Å²) in [6, 6.07) is 15.8. The standard InChI is InChI=1S/C24H27Cl2N5O2/c25-20-8-7-19(21(26)16-20)15-22-28-29-24(33-22)23(32)27-9-4-10-30-11-13-31(14-12-30)17-18-5-2-1-3-6-18/h1-3,5-8,16H,4,9-15,17H2,(H,27,32). The van der Waals surface area contributed by atoms with Gasteiger partial charge in [0.1, 0.15) is 0 Å². The molecular weight excluding hydrogens is 461 g/mol. The molecule has 2 heterocycles. The zero-order valence-electron chi connectivity index (χ0n) is 18.3. The molecule has 1 amide bonds. The van der Waals surface area contributed by atoms with Crippen LogP contribution in [0.2, 0.25) is 10.0 Å². The van der Waals surface area contributed by atoms with Crippen molar-refractivity contribution in [1.82, 2.24) is 25.3 Å². The molecule has 1 N–H and O–H groups in total. The number of hydrogen-bond donors (Lipinski definition) is 1. The van der Waals surface area contributed by atoms with Gasteiger partial charge in [-0.3, -0.25) is 9.69 Å². The van der Waals surface area contributed by atoms with Crippen LogP contribution in [-0.4, -0.2) is 65.2 Å². The van der Waals surface area contributed by atoms with Gasteiger partial charge < -0.3 is 14.6 Å². The van der Waals surface area contributed by atoms with E-state index < -0.39 is 0 Å². The maximum Gasteiger partial charge on any atom is 0.308 e. The minimum absolute atomic E-state index is 0.0374. The van der Waals surface area contributed by atoms with E-state index in [-0.39, 0.29) is 11.8 Å². The molecular formula is C24H27Cl2N5O2. The van der Waals surface area contributed by atoms with Crippen LogP contribution < -0.4 is 5.32 Å². The summed E-state index contributed by atoms with van der Waals surface area (Å²) in [6.45, 7) is 6.71. The molecule has 0 spiro atoms. The van der Waals surface area contributed by atoms with Crippen LogP contribution in [0.5, 0.6) is 0 Å². The maximum absolute atomic E-state index is 12.3. The minimum Gasteiger partial charge on any atom is -0.417 e. The van der Waals surface area contributed by atoms with Crippen molar-refractivity contribution in [3.63, 3.8) is 0 Å². The second-order valence-corrected chi connectivity index (χ2v) is 8.97. The van der Waals surface area contributed by atoms with Crippen molar-refractivity contribution >= 4 is 29.1 Å². The normalized spacial score (nSPS) is 15.0. The van der Waals surface area contributed by atoms with Gasteiger partial charge in [0.2, 0.25) is 5.89 Å². The highest BCUT2D eigenvalue weighted by Crippen LogP contribution is 2.23. The zero-order valence-corrected chi connectivity index (χ0v) is 19.9. The van der Waals surface area contributed by atoms with E-state index in [2.05, 4.69) is 55.6 Å². The minimum atomic E-state index is -0.358. The zero-order chi connectivity index (χ0) is 23.0. The Morgan fingerprint density at radius 2 is 1.76 bits per heavy atom. The Morgan fingerprint density at radius 3 is 2.52 bits per heavy atom. The van der Waals surface area contributed by atoms with E-state index in [0.717, 1.165) is 51.3 Å². The number of halogens is 2. The van der Waals surface area contributed by atoms with Crippen LogP contribution in [0, 0.1) is 0 Å². The molecule has 0 atom stereocenters. The fraction of sp³-hybridized carbons (Fsp3) is 0.375. The van der Waals surface area contributed by atoms with Gasteiger partial charge in [-0.15, -0.1) is 10.2 Å². The first-order chi connectivity index (χ1) is 16.1. The number of rotatable bonds is 9. The Balaban J connectivity index is 1.14. The van der Waals surface area contributed by atoms with Gasteiger partial charge in [-0.05, 0) is 36.2 Å². The Hall–Kier alpha value is -2.45. The summed E-state index contributed by atoms with van der Waals surface area (Å²) in [4.78, 5) is 17.2. The summed E-state index contributed by atoms with van der Waals surface area (Å²) >= 11 is 12.1. The molecule has 0 radical (unpaired) electrons. The van der Waals surface area contributed by atoms with Crippen LogP contribution in [0.4, 0.5) is 0 Å². The Bertz CT molecular complexity index is 1050. The molecule has 2 aromatic carbocycles. The van der Waals surface area contributed by atoms with Crippen LogP contribution in [-0.2, 0) is 13.0 Å². The smallest absolute Gasteiger partial charge is 0.308 e. The quantitative estimate of drug-likeness (QED) is 0.461. The van der Waals surface area contributed by atoms with E-state index in [9.17, 15) is 4.79 Å². The Morgan fingerprint density at radius 1 is 1.00 bits per heavy atom. The van der Waals surface area contributed by atoms with Crippen molar-refractivity contribution in [2.24, 2.45) is 0 Å². The third-order valence-electron chi connectivity index (χ3n) is 5.67. The van der Waals surface area contributed by atoms with Crippen molar-refractivity contribution in [1.29, 1.82) is 0 Å². The molecule has 9 heteroatoms. The first-order valence-corrected chi connectivity index (χ1v) is 11.9. The van der Waals surface area contributed by atoms with Crippen LogP contribution in [0.25, 0.3) is 0 Å². The number of aromatic nitrogens is 2. The van der Waals surface area contributed by atoms with Gasteiger partial charge in [0.05, 0.1) is 6.42 Å². The number of nitrogens with one attached hydrogen (secondary N) is 1. The predicted octanol–water partition coefficient (Wildman–Crippen LogP) is 3.90. The summed E-state index contributed by atoms with van der Waals surface area (Å²) < 4.78 is 5.50. The lowest BCUT2D eigenvalue weighted by atomic mass is 10.1. The van der Waals surface area contributed by atoms with Crippen molar-refractivity contribution in [3.8, 4) is 0 Å². The Labute approximate surface area is 203 Å². The van der Waals surface area contributed by atoms with Crippen LogP contribution in [0.15, 0.2) is 52.9 Å². The van der Waals surface area contributed by atoms with Crippen molar-refractivity contribution in [2.75, 3.05) is 39.3 Å². The molecule has 1 fully saturated rings. The Kier molecular flexibility index (Phi) is 8.34. The molecule has 7 nitrogen and oxygen atoms in total. The number of carbonyl (C=O) groups excluding carboxylic acids is 1. The summed E-state index contributed by atoms with van der Waals surface area (Å²) in [5.41, 5.74) is 2.16. The number of amides is 1. The number of benzene rings is 2. The summed E-state index contributed by atoms with van der Waals surface area (Å²) in [7, 11) is 0. The van der Waals surface area contributed by atoms with E-state index in [0.29, 0.717) is 28.9 Å². The van der Waals surface area contributed by atoms with Gasteiger partial charge in [0, 0.05) is 49.3 Å². The number of piperazine rings is 1. The van der Waals surface area contributed by atoms with E-state index in [4.69, 9.17) is 27.6 Å². The monoisotopic (exact) mass is 487 g/mol. The molecule has 0 bridgehead atoms. The molecule has 1 aliphatic rings. The van der Waals surface area contributed by atoms with Crippen molar-refractivity contribution in [3.05, 3.63) is 81.5 Å². The summed E-state index contributed by atoms with van der Waals surface area (Å²) in [5.74, 6) is -0.0639. The fourth-order valence-electron chi connectivity index (χ4n) is 3.84. The highest BCUT2D eigenvalue weighted by molar-refractivity contribution is 6.35. The first kappa shape index (κ1) is 23.7. The lowest BCUT2D eigenvalue weighted by Crippen LogP contribution is -2.46. The third-order valence-corrected chi connectivity index (χ3v) is 6.26. The van der Waals surface area contributed by atoms with E-state index in [1.807, 2.05) is 0 Å². The van der Waals surface area contributed by atoms with Gasteiger partial charge in [-0.2, -0.15) is 0 Å². The van der Waals surface area contributed by atoms with Crippen LogP contribution in [0.3, 0.4) is 0 Å². The molecule has 1 aliphatic heterocycles. The number of hydrogen-bond acceptors (Lipinski definition) is 6. The molecule has 0 saturated carbocycles. The summed E-state index contributed by atoms with van der Waals surface area (Å²) in [5, 5.41) is 11.7. The lowest BCUT2D eigenvalue weighted by molar-refractivity contribution is 0.0911. The topological polar surface area (TPSA) is 74.5 Å². The first-order valence-electron chi connectivity index (χ1n) is 11.1. The van der Waals surface area contributed by atoms with Gasteiger partial charge in [-0.25, -0.2) is 0 Å². The second-order valence-electron chi connectivity index (χ2n) is 8.13. The number of nitrogens with zero attached hydrogens (tertiary/aromatic N) is 4. The highest BCUT2D eigenvalue weighted by Gasteiger charge is 2.18. The van der Waals surface area contributed by atoms with Crippen LogP contribution >= 0.6 is 23.2 Å². The molecule has 174 valence electrons. The predicted molar refractivity (Wildman–Crippen MR) is 129 cm³/mol. The average molecular weight is 488 g/mol. The molecule has 0 aliphatic carbocycles. The van der Waals surface area contributed by atoms with Gasteiger partial charge in [-0.1, -0.05) is 59.6 Å². The lowest BCUT2D eigenvalue weighted by Gasteiger charge is -2.34. The molecule has 3 aromatic rings. The maximum atomic E-state index is 12.3. The highest BCUT2D eigenvalue weighted by atomic mass is 35.5. The van der Waals surface area contributed by atoms with Crippen molar-refractivity contribution in [2.45, 2.75) is 19.4 Å². The van der Waals surface area contributed by atoms with Gasteiger partial charge in [0.25, 0.3) is 0 Å². The molecule has 0 unspecified atom stereocenters. The SMILES string of the molecule is O=C(NCCCN1CCN(Cc2ccccc2)CC1)c1nnc(Cc2ccc(Cl)cc2Cl)o1. The molecule has 4 rings (SSSR count). The summed E-state index contributed by atoms with van der Waals surface area (Å²) in [6.07, 6.45) is 1.21. The average Bonchev–Trinajstić information content (AvgIpc) is 3.29. The number of carbonyl (C=O) groups is 1. The molecule has 1 saturated heterocycles. The molecule has 33 heavy (non-hydrogen) atoms. The third kappa shape index (κ3) is 7.01. The fourth-order valence-corrected chi connectivity index (χ4v) is 4.31. The van der Waals surface area contributed by atoms with E-state index >= 15 is 0 Å². The van der Waals surface area contributed by atoms with Gasteiger partial charge >= 0.3 is 11.8 Å². The molecule has 1 aromatic heterocycles. The van der Waals surface area contributed by atoms with Crippen molar-refractivity contribution < 1.29 is 9.21 Å². The van der Waals surface area contributed by atoms with E-state index in [1.54, 1.807) is 18.2 Å². The second kappa shape index (κ2) is 11.6.